The number of aryl methyl sites for hydroxylation is 1. The highest BCUT2D eigenvalue weighted by molar-refractivity contribution is 7.09. The minimum atomic E-state index is -0.453. The van der Waals surface area contributed by atoms with Crippen LogP contribution in [-0.2, 0) is 13.0 Å². The molecule has 0 aliphatic carbocycles. The summed E-state index contributed by atoms with van der Waals surface area (Å²) < 4.78 is 23.6. The fourth-order valence-electron chi connectivity index (χ4n) is 2.16. The maximum Gasteiger partial charge on any atom is 0.273 e. The Labute approximate surface area is 158 Å². The van der Waals surface area contributed by atoms with Crippen molar-refractivity contribution < 1.29 is 18.3 Å². The highest BCUT2D eigenvalue weighted by Gasteiger charge is 2.13. The molecule has 1 aromatic carbocycles. The standard InChI is InChI=1S/C17H15ClFN3O3S/c1-10-15(26-9-21-10)4-5-20-17(23)13-7-25-16(22-13)8-24-14-3-2-11(19)6-12(14)18/h2-3,6-7,9H,4-5,8H2,1H3,(H,20,23). The van der Waals surface area contributed by atoms with Crippen LogP contribution in [0, 0.1) is 12.7 Å². The molecule has 1 amide bonds. The van der Waals surface area contributed by atoms with Gasteiger partial charge < -0.3 is 14.5 Å². The van der Waals surface area contributed by atoms with E-state index in [1.165, 1.54) is 18.4 Å². The number of ether oxygens (including phenoxy) is 1. The van der Waals surface area contributed by atoms with Gasteiger partial charge in [0.05, 0.1) is 16.2 Å². The number of aromatic nitrogens is 2. The predicted molar refractivity (Wildman–Crippen MR) is 95.1 cm³/mol. The smallest absolute Gasteiger partial charge is 0.273 e. The van der Waals surface area contributed by atoms with Crippen LogP contribution in [0.15, 0.2) is 34.4 Å². The van der Waals surface area contributed by atoms with Crippen LogP contribution in [0.3, 0.4) is 0 Å². The number of halogens is 2. The van der Waals surface area contributed by atoms with Crippen molar-refractivity contribution >= 4 is 28.8 Å². The molecule has 0 saturated carbocycles. The molecule has 1 N–H and O–H groups in total. The second-order valence-electron chi connectivity index (χ2n) is 5.36. The summed E-state index contributed by atoms with van der Waals surface area (Å²) in [6, 6.07) is 3.80. The van der Waals surface area contributed by atoms with E-state index in [4.69, 9.17) is 20.8 Å². The van der Waals surface area contributed by atoms with Crippen molar-refractivity contribution in [3.8, 4) is 5.75 Å². The molecule has 0 fully saturated rings. The topological polar surface area (TPSA) is 77.2 Å². The molecule has 0 radical (unpaired) electrons. The summed E-state index contributed by atoms with van der Waals surface area (Å²) in [5, 5.41) is 2.93. The fourth-order valence-corrected chi connectivity index (χ4v) is 3.16. The quantitative estimate of drug-likeness (QED) is 0.658. The van der Waals surface area contributed by atoms with Crippen LogP contribution >= 0.6 is 22.9 Å². The summed E-state index contributed by atoms with van der Waals surface area (Å²) in [6.45, 7) is 2.38. The average Bonchev–Trinajstić information content (AvgIpc) is 3.23. The van der Waals surface area contributed by atoms with Crippen LogP contribution in [-0.4, -0.2) is 22.4 Å². The SMILES string of the molecule is Cc1ncsc1CCNC(=O)c1coc(COc2ccc(F)cc2Cl)n1. The Kier molecular flexibility index (Phi) is 5.85. The van der Waals surface area contributed by atoms with Crippen molar-refractivity contribution in [3.63, 3.8) is 0 Å². The van der Waals surface area contributed by atoms with Crippen LogP contribution in [0.2, 0.25) is 5.02 Å². The zero-order chi connectivity index (χ0) is 18.5. The molecule has 2 heterocycles. The van der Waals surface area contributed by atoms with Crippen molar-refractivity contribution in [3.05, 3.63) is 63.0 Å². The Morgan fingerprint density at radius 3 is 3.04 bits per heavy atom. The number of thiazole rings is 1. The number of amides is 1. The van der Waals surface area contributed by atoms with Crippen LogP contribution in [0.4, 0.5) is 4.39 Å². The summed E-state index contributed by atoms with van der Waals surface area (Å²) in [7, 11) is 0. The lowest BCUT2D eigenvalue weighted by Crippen LogP contribution is -2.26. The normalized spacial score (nSPS) is 10.7. The summed E-state index contributed by atoms with van der Waals surface area (Å²) in [6.07, 6.45) is 1.97. The van der Waals surface area contributed by atoms with Gasteiger partial charge in [-0.15, -0.1) is 11.3 Å². The number of carbonyl (C=O) groups excluding carboxylic acids is 1. The van der Waals surface area contributed by atoms with Gasteiger partial charge in [-0.2, -0.15) is 0 Å². The lowest BCUT2D eigenvalue weighted by atomic mass is 10.3. The molecule has 0 aliphatic heterocycles. The summed E-state index contributed by atoms with van der Waals surface area (Å²) >= 11 is 7.44. The van der Waals surface area contributed by atoms with E-state index >= 15 is 0 Å². The van der Waals surface area contributed by atoms with Crippen molar-refractivity contribution in [2.45, 2.75) is 20.0 Å². The van der Waals surface area contributed by atoms with Gasteiger partial charge in [0, 0.05) is 17.8 Å². The first kappa shape index (κ1) is 18.3. The maximum absolute atomic E-state index is 13.0. The van der Waals surface area contributed by atoms with Crippen molar-refractivity contribution in [1.82, 2.24) is 15.3 Å². The molecule has 0 saturated heterocycles. The van der Waals surface area contributed by atoms with E-state index in [0.717, 1.165) is 16.6 Å². The Hall–Kier alpha value is -2.45. The van der Waals surface area contributed by atoms with Gasteiger partial charge >= 0.3 is 0 Å². The number of hydrogen-bond acceptors (Lipinski definition) is 6. The number of rotatable bonds is 7. The first-order chi connectivity index (χ1) is 12.5. The van der Waals surface area contributed by atoms with E-state index in [-0.39, 0.29) is 29.1 Å². The van der Waals surface area contributed by atoms with Crippen LogP contribution in [0.5, 0.6) is 5.75 Å². The zero-order valence-corrected chi connectivity index (χ0v) is 15.4. The number of oxazole rings is 1. The molecule has 26 heavy (non-hydrogen) atoms. The zero-order valence-electron chi connectivity index (χ0n) is 13.8. The predicted octanol–water partition coefficient (Wildman–Crippen LogP) is 3.78. The molecule has 0 atom stereocenters. The van der Waals surface area contributed by atoms with Gasteiger partial charge in [-0.3, -0.25) is 4.79 Å². The number of benzene rings is 1. The molecule has 6 nitrogen and oxygen atoms in total. The van der Waals surface area contributed by atoms with Gasteiger partial charge in [-0.05, 0) is 25.1 Å². The van der Waals surface area contributed by atoms with Crippen LogP contribution < -0.4 is 10.1 Å². The molecule has 3 rings (SSSR count). The van der Waals surface area contributed by atoms with Gasteiger partial charge in [0.1, 0.15) is 17.8 Å². The van der Waals surface area contributed by atoms with Gasteiger partial charge in [0.15, 0.2) is 12.3 Å². The molecule has 2 aromatic heterocycles. The first-order valence-electron chi connectivity index (χ1n) is 7.72. The molecule has 0 aliphatic rings. The van der Waals surface area contributed by atoms with Gasteiger partial charge in [-0.25, -0.2) is 14.4 Å². The maximum atomic E-state index is 13.0. The third-order valence-corrected chi connectivity index (χ3v) is 4.80. The monoisotopic (exact) mass is 395 g/mol. The van der Waals surface area contributed by atoms with Crippen molar-refractivity contribution in [2.24, 2.45) is 0 Å². The largest absolute Gasteiger partial charge is 0.482 e. The average molecular weight is 396 g/mol. The van der Waals surface area contributed by atoms with E-state index in [0.29, 0.717) is 18.7 Å². The second-order valence-corrected chi connectivity index (χ2v) is 6.70. The van der Waals surface area contributed by atoms with Crippen molar-refractivity contribution in [1.29, 1.82) is 0 Å². The summed E-state index contributed by atoms with van der Waals surface area (Å²) in [5.74, 6) is -0.265. The molecular weight excluding hydrogens is 381 g/mol. The lowest BCUT2D eigenvalue weighted by Gasteiger charge is -2.05. The van der Waals surface area contributed by atoms with Crippen molar-refractivity contribution in [2.75, 3.05) is 6.54 Å². The Bertz CT molecular complexity index is 912. The summed E-state index contributed by atoms with van der Waals surface area (Å²) in [5.41, 5.74) is 2.92. The van der Waals surface area contributed by atoms with Crippen LogP contribution in [0.1, 0.15) is 27.0 Å². The van der Waals surface area contributed by atoms with Gasteiger partial charge in [0.2, 0.25) is 5.89 Å². The minimum absolute atomic E-state index is 0.0291. The first-order valence-corrected chi connectivity index (χ1v) is 8.98. The second kappa shape index (κ2) is 8.29. The number of hydrogen-bond donors (Lipinski definition) is 1. The van der Waals surface area contributed by atoms with Crippen LogP contribution in [0.25, 0.3) is 0 Å². The van der Waals surface area contributed by atoms with E-state index in [1.54, 1.807) is 16.8 Å². The number of nitrogens with one attached hydrogen (secondary N) is 1. The molecular formula is C17H15ClFN3O3S. The van der Waals surface area contributed by atoms with Gasteiger partial charge in [-0.1, -0.05) is 11.6 Å². The fraction of sp³-hybridized carbons (Fsp3) is 0.235. The molecule has 0 bridgehead atoms. The van der Waals surface area contributed by atoms with Gasteiger partial charge in [0.25, 0.3) is 5.91 Å². The Morgan fingerprint density at radius 1 is 1.46 bits per heavy atom. The van der Waals surface area contributed by atoms with E-state index in [9.17, 15) is 9.18 Å². The number of nitrogens with zero attached hydrogens (tertiary/aromatic N) is 2. The van der Waals surface area contributed by atoms with E-state index in [1.807, 2.05) is 6.92 Å². The Balaban J connectivity index is 1.50. The van der Waals surface area contributed by atoms with E-state index in [2.05, 4.69) is 15.3 Å². The molecule has 0 spiro atoms. The Morgan fingerprint density at radius 2 is 2.31 bits per heavy atom. The highest BCUT2D eigenvalue weighted by Crippen LogP contribution is 2.25. The minimum Gasteiger partial charge on any atom is -0.482 e. The third kappa shape index (κ3) is 4.59. The molecule has 3 aromatic rings. The third-order valence-electron chi connectivity index (χ3n) is 3.51. The molecule has 0 unspecified atom stereocenters. The molecule has 136 valence electrons. The lowest BCUT2D eigenvalue weighted by molar-refractivity contribution is 0.0949. The van der Waals surface area contributed by atoms with E-state index < -0.39 is 5.82 Å². The molecule has 9 heteroatoms. The highest BCUT2D eigenvalue weighted by atomic mass is 35.5. The summed E-state index contributed by atoms with van der Waals surface area (Å²) in [4.78, 5) is 21.5. The number of carbonyl (C=O) groups is 1.